The summed E-state index contributed by atoms with van der Waals surface area (Å²) in [5, 5.41) is 0. The van der Waals surface area contributed by atoms with Gasteiger partial charge in [0.1, 0.15) is 5.78 Å². The molecule has 0 amide bonds. The first-order chi connectivity index (χ1) is 7.52. The van der Waals surface area contributed by atoms with Crippen LogP contribution in [0.4, 0.5) is 0 Å². The van der Waals surface area contributed by atoms with E-state index < -0.39 is 11.3 Å². The maximum atomic E-state index is 11.6. The van der Waals surface area contributed by atoms with Crippen LogP contribution in [-0.2, 0) is 9.59 Å². The van der Waals surface area contributed by atoms with Crippen molar-refractivity contribution < 1.29 is 14.4 Å². The molecule has 0 saturated heterocycles. The van der Waals surface area contributed by atoms with E-state index >= 15 is 0 Å². The second-order valence-electron chi connectivity index (χ2n) is 3.20. The van der Waals surface area contributed by atoms with Gasteiger partial charge in [-0.1, -0.05) is 22.0 Å². The lowest BCUT2D eigenvalue weighted by Gasteiger charge is -2.13. The average Bonchev–Trinajstić information content (AvgIpc) is 2.24. The molecule has 0 saturated carbocycles. The van der Waals surface area contributed by atoms with Crippen molar-refractivity contribution in [1.29, 1.82) is 0 Å². The lowest BCUT2D eigenvalue weighted by atomic mass is 9.86. The van der Waals surface area contributed by atoms with Crippen molar-refractivity contribution in [3.63, 3.8) is 0 Å². The fourth-order valence-corrected chi connectivity index (χ4v) is 1.41. The molecule has 0 aliphatic heterocycles. The second-order valence-corrected chi connectivity index (χ2v) is 3.73. The van der Waals surface area contributed by atoms with Gasteiger partial charge < -0.3 is 10.4 Å². The average molecular weight is 284 g/mol. The molecule has 0 aromatic carbocycles. The fourth-order valence-electron chi connectivity index (χ4n) is 1.22. The molecule has 0 aromatic heterocycles. The molecule has 1 atom stereocenters. The van der Waals surface area contributed by atoms with E-state index in [1.54, 1.807) is 6.08 Å². The molecular formula is C10H10BrN3O2. The Balaban J connectivity index is 5.27. The van der Waals surface area contributed by atoms with Crippen molar-refractivity contribution >= 4 is 33.7 Å². The Morgan fingerprint density at radius 1 is 1.56 bits per heavy atom. The first kappa shape index (κ1) is 14.4. The molecule has 5 nitrogen and oxygen atoms in total. The summed E-state index contributed by atoms with van der Waals surface area (Å²) in [7, 11) is 0. The second kappa shape index (κ2) is 6.83. The molecule has 84 valence electrons. The van der Waals surface area contributed by atoms with E-state index in [1.165, 1.54) is 11.9 Å². The van der Waals surface area contributed by atoms with Gasteiger partial charge in [0.15, 0.2) is 0 Å². The standard InChI is InChI=1S/C10H10BrN3O2/c1-8(15)6-10(13-2,4-3-5-11)9(16)7-14-12/h3,5,7H,4,6H2,1H3/b5-3+/t10-/m1/s1. The maximum Gasteiger partial charge on any atom is 0.331 e. The highest BCUT2D eigenvalue weighted by molar-refractivity contribution is 9.11. The highest BCUT2D eigenvalue weighted by Crippen LogP contribution is 2.23. The minimum Gasteiger partial charge on any atom is -0.361 e. The summed E-state index contributed by atoms with van der Waals surface area (Å²) in [5.74, 6) is -0.940. The van der Waals surface area contributed by atoms with Gasteiger partial charge >= 0.3 is 17.5 Å². The number of carbonyl (C=O) groups is 2. The molecule has 0 N–H and O–H groups in total. The van der Waals surface area contributed by atoms with Gasteiger partial charge in [0, 0.05) is 0 Å². The van der Waals surface area contributed by atoms with Gasteiger partial charge in [-0.05, 0) is 11.9 Å². The summed E-state index contributed by atoms with van der Waals surface area (Å²) in [6, 6.07) is 0. The van der Waals surface area contributed by atoms with Crippen molar-refractivity contribution in [2.75, 3.05) is 0 Å². The zero-order chi connectivity index (χ0) is 12.6. The molecule has 0 aliphatic carbocycles. The topological polar surface area (TPSA) is 74.9 Å². The lowest BCUT2D eigenvalue weighted by Crippen LogP contribution is -2.37. The van der Waals surface area contributed by atoms with Crippen molar-refractivity contribution in [3.8, 4) is 0 Å². The van der Waals surface area contributed by atoms with E-state index in [1.807, 2.05) is 0 Å². The van der Waals surface area contributed by atoms with Gasteiger partial charge in [0.05, 0.1) is 12.8 Å². The van der Waals surface area contributed by atoms with Crippen LogP contribution in [0.5, 0.6) is 0 Å². The molecule has 0 spiro atoms. The molecule has 0 aliphatic rings. The Kier molecular flexibility index (Phi) is 6.16. The number of hydrogen-bond donors (Lipinski definition) is 0. The van der Waals surface area contributed by atoms with Crippen LogP contribution >= 0.6 is 15.9 Å². The summed E-state index contributed by atoms with van der Waals surface area (Å²) < 4.78 is 0. The van der Waals surface area contributed by atoms with E-state index in [-0.39, 0.29) is 18.6 Å². The number of hydrogen-bond acceptors (Lipinski definition) is 2. The first-order valence-corrected chi connectivity index (χ1v) is 5.29. The predicted octanol–water partition coefficient (Wildman–Crippen LogP) is 1.79. The number of carbonyl (C=O) groups excluding carboxylic acids is 2. The van der Waals surface area contributed by atoms with Crippen molar-refractivity contribution in [3.05, 3.63) is 28.0 Å². The molecule has 6 heteroatoms. The van der Waals surface area contributed by atoms with Crippen molar-refractivity contribution in [1.82, 2.24) is 0 Å². The largest absolute Gasteiger partial charge is 0.361 e. The van der Waals surface area contributed by atoms with Crippen LogP contribution in [0.3, 0.4) is 0 Å². The molecule has 0 bridgehead atoms. The Labute approximate surface area is 102 Å². The quantitative estimate of drug-likeness (QED) is 0.323. The van der Waals surface area contributed by atoms with Crippen LogP contribution < -0.4 is 0 Å². The SMILES string of the molecule is [C-]#[N+][C@](C/C=C/Br)(CC(C)=O)C(=O)C=[N+]=[N-]. The highest BCUT2D eigenvalue weighted by Gasteiger charge is 2.46. The van der Waals surface area contributed by atoms with Gasteiger partial charge in [0.2, 0.25) is 0 Å². The Bertz CT molecular complexity index is 405. The Morgan fingerprint density at radius 2 is 2.19 bits per heavy atom. The fraction of sp³-hybridized carbons (Fsp3) is 0.400. The lowest BCUT2D eigenvalue weighted by molar-refractivity contribution is -0.124. The zero-order valence-electron chi connectivity index (χ0n) is 8.68. The third-order valence-corrected chi connectivity index (χ3v) is 2.31. The van der Waals surface area contributed by atoms with Gasteiger partial charge in [0.25, 0.3) is 0 Å². The highest BCUT2D eigenvalue weighted by atomic mass is 79.9. The number of Topliss-reactive ketones (excluding diaryl/α,β-unsaturated/α-hetero) is 2. The van der Waals surface area contributed by atoms with E-state index in [0.717, 1.165) is 0 Å². The van der Waals surface area contributed by atoms with Crippen LogP contribution in [-0.4, -0.2) is 28.1 Å². The van der Waals surface area contributed by atoms with Crippen LogP contribution in [0.2, 0.25) is 0 Å². The van der Waals surface area contributed by atoms with Gasteiger partial charge in [-0.25, -0.2) is 6.57 Å². The van der Waals surface area contributed by atoms with E-state index in [9.17, 15) is 9.59 Å². The summed E-state index contributed by atoms with van der Waals surface area (Å²) >= 11 is 3.02. The minimum atomic E-state index is -1.50. The minimum absolute atomic E-state index is 0.0895. The summed E-state index contributed by atoms with van der Waals surface area (Å²) in [6.07, 6.45) is 2.11. The molecule has 0 aromatic rings. The van der Waals surface area contributed by atoms with E-state index in [0.29, 0.717) is 6.21 Å². The number of ketones is 2. The Morgan fingerprint density at radius 3 is 2.56 bits per heavy atom. The summed E-state index contributed by atoms with van der Waals surface area (Å²) in [6.45, 7) is 8.35. The molecule has 0 fully saturated rings. The van der Waals surface area contributed by atoms with Crippen molar-refractivity contribution in [2.24, 2.45) is 0 Å². The van der Waals surface area contributed by atoms with E-state index in [2.05, 4.69) is 25.6 Å². The van der Waals surface area contributed by atoms with Crippen molar-refractivity contribution in [2.45, 2.75) is 25.3 Å². The van der Waals surface area contributed by atoms with Gasteiger partial charge in [-0.2, -0.15) is 4.79 Å². The summed E-state index contributed by atoms with van der Waals surface area (Å²) in [5.41, 5.74) is 6.79. The molecular weight excluding hydrogens is 274 g/mol. The van der Waals surface area contributed by atoms with Crippen LogP contribution in [0, 0.1) is 6.57 Å². The molecule has 0 unspecified atom stereocenters. The zero-order valence-corrected chi connectivity index (χ0v) is 10.3. The van der Waals surface area contributed by atoms with Crippen LogP contribution in [0.15, 0.2) is 11.1 Å². The van der Waals surface area contributed by atoms with Gasteiger partial charge in [-0.3, -0.25) is 9.59 Å². The number of halogens is 1. The molecule has 0 rings (SSSR count). The Hall–Kier alpha value is -1.57. The normalized spacial score (nSPS) is 13.6. The third kappa shape index (κ3) is 3.89. The monoisotopic (exact) mass is 283 g/mol. The first-order valence-electron chi connectivity index (χ1n) is 4.37. The van der Waals surface area contributed by atoms with Crippen LogP contribution in [0.1, 0.15) is 19.8 Å². The molecule has 16 heavy (non-hydrogen) atoms. The summed E-state index contributed by atoms with van der Waals surface area (Å²) in [4.78, 5) is 30.0. The van der Waals surface area contributed by atoms with Crippen LogP contribution in [0.25, 0.3) is 10.4 Å². The van der Waals surface area contributed by atoms with E-state index in [4.69, 9.17) is 12.1 Å². The van der Waals surface area contributed by atoms with Gasteiger partial charge in [-0.15, -0.1) is 0 Å². The predicted molar refractivity (Wildman–Crippen MR) is 62.0 cm³/mol. The molecule has 0 heterocycles. The number of rotatable bonds is 6. The third-order valence-electron chi connectivity index (χ3n) is 1.93. The maximum absolute atomic E-state index is 11.6. The number of nitrogens with zero attached hydrogens (tertiary/aromatic N) is 3. The smallest absolute Gasteiger partial charge is 0.331 e. The molecule has 0 radical (unpaired) electrons.